The fourth-order valence-electron chi connectivity index (χ4n) is 2.86. The Morgan fingerprint density at radius 3 is 2.42 bits per heavy atom. The molecule has 6 nitrogen and oxygen atoms in total. The predicted octanol–water partition coefficient (Wildman–Crippen LogP) is 2.03. The fourth-order valence-corrected chi connectivity index (χ4v) is 2.86. The van der Waals surface area contributed by atoms with Gasteiger partial charge in [-0.1, -0.05) is 12.1 Å². The fraction of sp³-hybridized carbons (Fsp3) is 0.167. The predicted molar refractivity (Wildman–Crippen MR) is 87.8 cm³/mol. The van der Waals surface area contributed by atoms with Crippen LogP contribution in [0.25, 0.3) is 0 Å². The van der Waals surface area contributed by atoms with Gasteiger partial charge in [-0.25, -0.2) is 13.6 Å². The summed E-state index contributed by atoms with van der Waals surface area (Å²) in [5.74, 6) is -2.81. The van der Waals surface area contributed by atoms with E-state index in [1.165, 1.54) is 19.1 Å². The van der Waals surface area contributed by atoms with Gasteiger partial charge in [0.15, 0.2) is 0 Å². The molecule has 0 aliphatic carbocycles. The van der Waals surface area contributed by atoms with Crippen molar-refractivity contribution in [2.45, 2.75) is 19.0 Å². The molecule has 8 heteroatoms. The zero-order valence-electron chi connectivity index (χ0n) is 13.8. The lowest BCUT2D eigenvalue weighted by atomic mass is 9.91. The Balaban J connectivity index is 1.89. The van der Waals surface area contributed by atoms with Crippen LogP contribution < -0.4 is 11.1 Å². The molecule has 1 heterocycles. The highest BCUT2D eigenvalue weighted by molar-refractivity contribution is 6.07. The largest absolute Gasteiger partial charge is 0.366 e. The number of urea groups is 1. The standard InChI is InChI=1S/C18H15F2N3O3/c1-18(13-8-12(19)6-7-14(13)20)16(25)23(17(26)22-18)9-10-2-4-11(5-3-10)15(21)24/h2-8H,9H2,1H3,(H2,21,24)(H,22,26). The second kappa shape index (κ2) is 6.21. The number of carbonyl (C=O) groups excluding carboxylic acids is 3. The molecule has 0 aromatic heterocycles. The van der Waals surface area contributed by atoms with Crippen molar-refractivity contribution in [1.29, 1.82) is 0 Å². The molecule has 1 atom stereocenters. The van der Waals surface area contributed by atoms with Gasteiger partial charge in [-0.3, -0.25) is 14.5 Å². The molecule has 3 N–H and O–H groups in total. The first-order valence-electron chi connectivity index (χ1n) is 7.71. The van der Waals surface area contributed by atoms with E-state index in [1.54, 1.807) is 12.1 Å². The lowest BCUT2D eigenvalue weighted by molar-refractivity contribution is -0.131. The summed E-state index contributed by atoms with van der Waals surface area (Å²) in [5, 5.41) is 2.42. The minimum Gasteiger partial charge on any atom is -0.366 e. The van der Waals surface area contributed by atoms with E-state index in [9.17, 15) is 23.2 Å². The van der Waals surface area contributed by atoms with E-state index >= 15 is 0 Å². The number of amides is 4. The van der Waals surface area contributed by atoms with Crippen LogP contribution >= 0.6 is 0 Å². The second-order valence-electron chi connectivity index (χ2n) is 6.13. The van der Waals surface area contributed by atoms with Crippen LogP contribution in [0.1, 0.15) is 28.4 Å². The van der Waals surface area contributed by atoms with Crippen molar-refractivity contribution >= 4 is 17.8 Å². The zero-order chi connectivity index (χ0) is 19.1. The summed E-state index contributed by atoms with van der Waals surface area (Å²) in [6.07, 6.45) is 0. The molecule has 134 valence electrons. The maximum atomic E-state index is 14.1. The SMILES string of the molecule is CC1(c2cc(F)ccc2F)NC(=O)N(Cc2ccc(C(N)=O)cc2)C1=O. The monoisotopic (exact) mass is 359 g/mol. The molecule has 0 spiro atoms. The molecule has 4 amide bonds. The van der Waals surface area contributed by atoms with Crippen LogP contribution in [0.4, 0.5) is 13.6 Å². The highest BCUT2D eigenvalue weighted by Crippen LogP contribution is 2.32. The number of carbonyl (C=O) groups is 3. The summed E-state index contributed by atoms with van der Waals surface area (Å²) in [5.41, 5.74) is 4.07. The van der Waals surface area contributed by atoms with Gasteiger partial charge in [0.1, 0.15) is 17.2 Å². The molecule has 0 saturated carbocycles. The van der Waals surface area contributed by atoms with E-state index in [1.807, 2.05) is 0 Å². The molecule has 0 radical (unpaired) electrons. The van der Waals surface area contributed by atoms with E-state index in [-0.39, 0.29) is 17.7 Å². The summed E-state index contributed by atoms with van der Waals surface area (Å²) >= 11 is 0. The summed E-state index contributed by atoms with van der Waals surface area (Å²) < 4.78 is 27.6. The average Bonchev–Trinajstić information content (AvgIpc) is 2.81. The molecule has 2 aromatic rings. The Kier molecular flexibility index (Phi) is 4.19. The highest BCUT2D eigenvalue weighted by Gasteiger charge is 2.50. The Hall–Kier alpha value is -3.29. The Bertz CT molecular complexity index is 914. The summed E-state index contributed by atoms with van der Waals surface area (Å²) in [7, 11) is 0. The van der Waals surface area contributed by atoms with E-state index in [0.717, 1.165) is 23.1 Å². The van der Waals surface area contributed by atoms with Gasteiger partial charge < -0.3 is 11.1 Å². The quantitative estimate of drug-likeness (QED) is 0.818. The Labute approximate surface area is 147 Å². The number of nitrogens with zero attached hydrogens (tertiary/aromatic N) is 1. The smallest absolute Gasteiger partial charge is 0.325 e. The third-order valence-corrected chi connectivity index (χ3v) is 4.32. The maximum absolute atomic E-state index is 14.1. The molecular weight excluding hydrogens is 344 g/mol. The number of nitrogens with one attached hydrogen (secondary N) is 1. The topological polar surface area (TPSA) is 92.5 Å². The van der Waals surface area contributed by atoms with E-state index in [2.05, 4.69) is 5.32 Å². The van der Waals surface area contributed by atoms with Crippen molar-refractivity contribution < 1.29 is 23.2 Å². The molecule has 26 heavy (non-hydrogen) atoms. The second-order valence-corrected chi connectivity index (χ2v) is 6.13. The number of imide groups is 1. The average molecular weight is 359 g/mol. The molecule has 0 bridgehead atoms. The third kappa shape index (κ3) is 2.90. The summed E-state index contributed by atoms with van der Waals surface area (Å²) in [4.78, 5) is 37.0. The van der Waals surface area contributed by atoms with E-state index < -0.39 is 35.0 Å². The molecule has 1 fully saturated rings. The van der Waals surface area contributed by atoms with Crippen molar-refractivity contribution in [3.05, 3.63) is 70.8 Å². The molecule has 1 saturated heterocycles. The van der Waals surface area contributed by atoms with Gasteiger partial charge in [0.2, 0.25) is 5.91 Å². The number of primary amides is 1. The van der Waals surface area contributed by atoms with Crippen LogP contribution in [0.15, 0.2) is 42.5 Å². The van der Waals surface area contributed by atoms with Crippen LogP contribution in [-0.2, 0) is 16.9 Å². The first kappa shape index (κ1) is 17.5. The summed E-state index contributed by atoms with van der Waals surface area (Å²) in [6, 6.07) is 8.06. The zero-order valence-corrected chi connectivity index (χ0v) is 13.8. The van der Waals surface area contributed by atoms with Gasteiger partial charge >= 0.3 is 6.03 Å². The number of nitrogens with two attached hydrogens (primary N) is 1. The van der Waals surface area contributed by atoms with Gasteiger partial charge in [0, 0.05) is 11.1 Å². The first-order valence-corrected chi connectivity index (χ1v) is 7.71. The van der Waals surface area contributed by atoms with Gasteiger partial charge in [0.05, 0.1) is 6.54 Å². The van der Waals surface area contributed by atoms with Gasteiger partial charge in [-0.05, 0) is 42.8 Å². The van der Waals surface area contributed by atoms with Crippen LogP contribution in [-0.4, -0.2) is 22.7 Å². The number of benzene rings is 2. The number of halogens is 2. The molecule has 1 aliphatic rings. The van der Waals surface area contributed by atoms with Crippen molar-refractivity contribution in [3.8, 4) is 0 Å². The number of rotatable bonds is 4. The van der Waals surface area contributed by atoms with Crippen LogP contribution in [0, 0.1) is 11.6 Å². The minimum atomic E-state index is -1.71. The van der Waals surface area contributed by atoms with Crippen molar-refractivity contribution in [2.24, 2.45) is 5.73 Å². The van der Waals surface area contributed by atoms with Crippen LogP contribution in [0.5, 0.6) is 0 Å². The number of hydrogen-bond donors (Lipinski definition) is 2. The Morgan fingerprint density at radius 2 is 1.81 bits per heavy atom. The van der Waals surface area contributed by atoms with Crippen molar-refractivity contribution in [2.75, 3.05) is 0 Å². The first-order chi connectivity index (χ1) is 12.2. The molecule has 3 rings (SSSR count). The van der Waals surface area contributed by atoms with Gasteiger partial charge in [-0.15, -0.1) is 0 Å². The lowest BCUT2D eigenvalue weighted by Gasteiger charge is -2.23. The highest BCUT2D eigenvalue weighted by atomic mass is 19.1. The van der Waals surface area contributed by atoms with E-state index in [4.69, 9.17) is 5.73 Å². The van der Waals surface area contributed by atoms with E-state index in [0.29, 0.717) is 5.56 Å². The molecule has 1 unspecified atom stereocenters. The van der Waals surface area contributed by atoms with Crippen molar-refractivity contribution in [1.82, 2.24) is 10.2 Å². The maximum Gasteiger partial charge on any atom is 0.325 e. The molecular formula is C18H15F2N3O3. The van der Waals surface area contributed by atoms with Gasteiger partial charge in [-0.2, -0.15) is 0 Å². The van der Waals surface area contributed by atoms with Crippen molar-refractivity contribution in [3.63, 3.8) is 0 Å². The molecule has 2 aromatic carbocycles. The third-order valence-electron chi connectivity index (χ3n) is 4.32. The van der Waals surface area contributed by atoms with Gasteiger partial charge in [0.25, 0.3) is 5.91 Å². The summed E-state index contributed by atoms with van der Waals surface area (Å²) in [6.45, 7) is 1.23. The molecule has 1 aliphatic heterocycles. The normalized spacial score (nSPS) is 19.6. The van der Waals surface area contributed by atoms with Crippen LogP contribution in [0.2, 0.25) is 0 Å². The lowest BCUT2D eigenvalue weighted by Crippen LogP contribution is -2.41. The minimum absolute atomic E-state index is 0.0871. The number of hydrogen-bond acceptors (Lipinski definition) is 3. The van der Waals surface area contributed by atoms with Crippen LogP contribution in [0.3, 0.4) is 0 Å². The Morgan fingerprint density at radius 1 is 1.15 bits per heavy atom.